The van der Waals surface area contributed by atoms with Gasteiger partial charge in [-0.25, -0.2) is 0 Å². The maximum absolute atomic E-state index is 5.94. The van der Waals surface area contributed by atoms with Crippen LogP contribution in [0.4, 0.5) is 11.4 Å². The molecule has 0 unspecified atom stereocenters. The molecule has 1 aliphatic heterocycles. The van der Waals surface area contributed by atoms with Crippen LogP contribution in [0.3, 0.4) is 0 Å². The Hall–Kier alpha value is -4.04. The van der Waals surface area contributed by atoms with Crippen molar-refractivity contribution in [1.82, 2.24) is 0 Å². The topological polar surface area (TPSA) is 52.6 Å². The first-order valence-electron chi connectivity index (χ1n) is 15.0. The average molecular weight is 583 g/mol. The standard InChI is InChI=1S/C36H42N2O5/c1-39-36-9-5-8-32(26-36)28-38(27-30-10-12-33(13-11-30)37-18-20-40-21-19-37)34-14-16-35(17-15-34)43-25-24-41-22-23-42-29-31-6-3-2-4-7-31/h2-17,26H,18-25,27-29H2,1H3. The molecule has 1 aliphatic rings. The number of morpholine rings is 1. The first kappa shape index (κ1) is 30.4. The molecule has 1 fully saturated rings. The number of benzene rings is 4. The van der Waals surface area contributed by atoms with Crippen molar-refractivity contribution in [2.24, 2.45) is 0 Å². The largest absolute Gasteiger partial charge is 0.497 e. The van der Waals surface area contributed by atoms with Crippen LogP contribution in [0.15, 0.2) is 103 Å². The third-order valence-electron chi connectivity index (χ3n) is 7.38. The van der Waals surface area contributed by atoms with Gasteiger partial charge < -0.3 is 33.5 Å². The highest BCUT2D eigenvalue weighted by atomic mass is 16.5. The highest BCUT2D eigenvalue weighted by Crippen LogP contribution is 2.26. The summed E-state index contributed by atoms with van der Waals surface area (Å²) in [7, 11) is 1.70. The highest BCUT2D eigenvalue weighted by molar-refractivity contribution is 5.52. The molecule has 4 aromatic carbocycles. The number of anilines is 2. The second-order valence-electron chi connectivity index (χ2n) is 10.5. The first-order valence-corrected chi connectivity index (χ1v) is 15.0. The molecule has 4 aromatic rings. The zero-order valence-corrected chi connectivity index (χ0v) is 25.0. The first-order chi connectivity index (χ1) is 21.3. The summed E-state index contributed by atoms with van der Waals surface area (Å²) >= 11 is 0. The zero-order chi connectivity index (χ0) is 29.5. The molecule has 0 aliphatic carbocycles. The van der Waals surface area contributed by atoms with Crippen molar-refractivity contribution in [2.75, 3.05) is 69.6 Å². The summed E-state index contributed by atoms with van der Waals surface area (Å²) in [6, 6.07) is 35.6. The molecule has 0 aromatic heterocycles. The molecule has 0 atom stereocenters. The van der Waals surface area contributed by atoms with Gasteiger partial charge in [-0.1, -0.05) is 54.6 Å². The van der Waals surface area contributed by atoms with E-state index in [0.29, 0.717) is 33.0 Å². The summed E-state index contributed by atoms with van der Waals surface area (Å²) in [5, 5.41) is 0. The lowest BCUT2D eigenvalue weighted by molar-refractivity contribution is 0.0303. The van der Waals surface area contributed by atoms with Crippen LogP contribution in [0, 0.1) is 0 Å². The van der Waals surface area contributed by atoms with Crippen molar-refractivity contribution in [3.8, 4) is 11.5 Å². The molecule has 0 saturated carbocycles. The van der Waals surface area contributed by atoms with Gasteiger partial charge in [-0.15, -0.1) is 0 Å². The normalized spacial score (nSPS) is 13.1. The Labute approximate surface area is 255 Å². The van der Waals surface area contributed by atoms with E-state index in [0.717, 1.165) is 62.1 Å². The Balaban J connectivity index is 1.13. The van der Waals surface area contributed by atoms with Crippen molar-refractivity contribution in [1.29, 1.82) is 0 Å². The molecule has 0 bridgehead atoms. The number of rotatable bonds is 16. The molecule has 1 saturated heterocycles. The minimum Gasteiger partial charge on any atom is -0.497 e. The molecule has 0 amide bonds. The van der Waals surface area contributed by atoms with Gasteiger partial charge in [0.05, 0.1) is 46.8 Å². The Morgan fingerprint density at radius 3 is 2.12 bits per heavy atom. The molecule has 43 heavy (non-hydrogen) atoms. The summed E-state index contributed by atoms with van der Waals surface area (Å²) in [5.74, 6) is 1.69. The van der Waals surface area contributed by atoms with Crippen LogP contribution >= 0.6 is 0 Å². The van der Waals surface area contributed by atoms with Crippen molar-refractivity contribution in [3.63, 3.8) is 0 Å². The van der Waals surface area contributed by atoms with E-state index in [1.54, 1.807) is 7.11 Å². The molecular formula is C36H42N2O5. The maximum Gasteiger partial charge on any atom is 0.119 e. The van der Waals surface area contributed by atoms with Gasteiger partial charge in [-0.2, -0.15) is 0 Å². The Morgan fingerprint density at radius 2 is 1.35 bits per heavy atom. The van der Waals surface area contributed by atoms with E-state index in [1.165, 1.54) is 16.8 Å². The summed E-state index contributed by atoms with van der Waals surface area (Å²) in [5.41, 5.74) is 5.98. The lowest BCUT2D eigenvalue weighted by Crippen LogP contribution is -2.36. The van der Waals surface area contributed by atoms with Crippen molar-refractivity contribution >= 4 is 11.4 Å². The van der Waals surface area contributed by atoms with E-state index in [1.807, 2.05) is 42.5 Å². The summed E-state index contributed by atoms with van der Waals surface area (Å²) in [4.78, 5) is 4.76. The van der Waals surface area contributed by atoms with E-state index in [2.05, 4.69) is 70.5 Å². The van der Waals surface area contributed by atoms with E-state index >= 15 is 0 Å². The van der Waals surface area contributed by atoms with Gasteiger partial charge in [0.1, 0.15) is 18.1 Å². The molecule has 5 rings (SSSR count). The van der Waals surface area contributed by atoms with Crippen LogP contribution in [0.25, 0.3) is 0 Å². The average Bonchev–Trinajstić information content (AvgIpc) is 3.07. The lowest BCUT2D eigenvalue weighted by Gasteiger charge is -2.29. The van der Waals surface area contributed by atoms with Crippen molar-refractivity contribution in [3.05, 3.63) is 120 Å². The number of hydrogen-bond acceptors (Lipinski definition) is 7. The van der Waals surface area contributed by atoms with Gasteiger partial charge in [0.2, 0.25) is 0 Å². The number of hydrogen-bond donors (Lipinski definition) is 0. The van der Waals surface area contributed by atoms with Crippen molar-refractivity contribution < 1.29 is 23.7 Å². The fourth-order valence-electron chi connectivity index (χ4n) is 5.04. The minimum absolute atomic E-state index is 0.487. The maximum atomic E-state index is 5.94. The third kappa shape index (κ3) is 9.75. The third-order valence-corrected chi connectivity index (χ3v) is 7.38. The van der Waals surface area contributed by atoms with Crippen LogP contribution in [-0.4, -0.2) is 59.8 Å². The SMILES string of the molecule is COc1cccc(CN(Cc2ccc(N3CCOCC3)cc2)c2ccc(OCCOCCOCc3ccccc3)cc2)c1. The molecule has 0 radical (unpaired) electrons. The number of ether oxygens (including phenoxy) is 5. The quantitative estimate of drug-likeness (QED) is 0.143. The molecule has 7 nitrogen and oxygen atoms in total. The monoisotopic (exact) mass is 582 g/mol. The predicted molar refractivity (Wildman–Crippen MR) is 171 cm³/mol. The van der Waals surface area contributed by atoms with Crippen LogP contribution in [0.1, 0.15) is 16.7 Å². The molecule has 0 N–H and O–H groups in total. The van der Waals surface area contributed by atoms with E-state index < -0.39 is 0 Å². The van der Waals surface area contributed by atoms with Gasteiger partial charge in [-0.05, 0) is 65.2 Å². The fourth-order valence-corrected chi connectivity index (χ4v) is 5.04. The second-order valence-corrected chi connectivity index (χ2v) is 10.5. The second kappa shape index (κ2) is 16.6. The lowest BCUT2D eigenvalue weighted by atomic mass is 10.1. The molecule has 1 heterocycles. The van der Waals surface area contributed by atoms with Crippen LogP contribution < -0.4 is 19.3 Å². The van der Waals surface area contributed by atoms with Crippen LogP contribution in [-0.2, 0) is 33.9 Å². The Bertz CT molecular complexity index is 1340. The van der Waals surface area contributed by atoms with Gasteiger partial charge in [0, 0.05) is 37.6 Å². The van der Waals surface area contributed by atoms with Crippen LogP contribution in [0.5, 0.6) is 11.5 Å². The fraction of sp³-hybridized carbons (Fsp3) is 0.333. The summed E-state index contributed by atoms with van der Waals surface area (Å²) < 4.78 is 28.3. The predicted octanol–water partition coefficient (Wildman–Crippen LogP) is 6.35. The minimum atomic E-state index is 0.487. The van der Waals surface area contributed by atoms with Gasteiger partial charge in [-0.3, -0.25) is 0 Å². The van der Waals surface area contributed by atoms with Crippen LogP contribution in [0.2, 0.25) is 0 Å². The molecule has 7 heteroatoms. The molecule has 226 valence electrons. The highest BCUT2D eigenvalue weighted by Gasteiger charge is 2.13. The van der Waals surface area contributed by atoms with Gasteiger partial charge in [0.25, 0.3) is 0 Å². The smallest absolute Gasteiger partial charge is 0.119 e. The summed E-state index contributed by atoms with van der Waals surface area (Å²) in [6.45, 7) is 7.67. The van der Waals surface area contributed by atoms with E-state index in [4.69, 9.17) is 23.7 Å². The van der Waals surface area contributed by atoms with E-state index in [-0.39, 0.29) is 0 Å². The zero-order valence-electron chi connectivity index (χ0n) is 25.0. The van der Waals surface area contributed by atoms with Gasteiger partial charge in [0.15, 0.2) is 0 Å². The van der Waals surface area contributed by atoms with E-state index in [9.17, 15) is 0 Å². The number of methoxy groups -OCH3 is 1. The Kier molecular flexibility index (Phi) is 11.7. The molecule has 0 spiro atoms. The summed E-state index contributed by atoms with van der Waals surface area (Å²) in [6.07, 6.45) is 0. The molecular weight excluding hydrogens is 540 g/mol. The number of nitrogens with zero attached hydrogens (tertiary/aromatic N) is 2. The van der Waals surface area contributed by atoms with Crippen molar-refractivity contribution in [2.45, 2.75) is 19.7 Å². The Morgan fingerprint density at radius 1 is 0.651 bits per heavy atom. The van der Waals surface area contributed by atoms with Gasteiger partial charge >= 0.3 is 0 Å².